The van der Waals surface area contributed by atoms with Crippen LogP contribution in [0.4, 0.5) is 4.79 Å². The number of nitriles is 1. The van der Waals surface area contributed by atoms with Gasteiger partial charge in [0, 0.05) is 65.4 Å². The molecule has 2 aliphatic rings. The maximum absolute atomic E-state index is 11.4. The molecule has 20 heavy (non-hydrogen) atoms. The standard InChI is InChI=1S/C13H24N6O/c14-1-2-15-3-5-17-7-9-18(10-8-17)11-12-19-6-4-16-13(19)20/h15H,2-12H2,(H,16,20). The summed E-state index contributed by atoms with van der Waals surface area (Å²) in [4.78, 5) is 18.2. The molecule has 2 N–H and O–H groups in total. The SMILES string of the molecule is N#CCNCCN1CCN(CCN2CCNC2=O)CC1. The van der Waals surface area contributed by atoms with E-state index in [1.807, 2.05) is 4.90 Å². The summed E-state index contributed by atoms with van der Waals surface area (Å²) in [6.07, 6.45) is 0. The number of amides is 2. The number of piperazine rings is 1. The fourth-order valence-corrected chi connectivity index (χ4v) is 2.60. The van der Waals surface area contributed by atoms with E-state index in [-0.39, 0.29) is 6.03 Å². The lowest BCUT2D eigenvalue weighted by Gasteiger charge is -2.35. The summed E-state index contributed by atoms with van der Waals surface area (Å²) < 4.78 is 0. The number of carbonyl (C=O) groups is 1. The maximum Gasteiger partial charge on any atom is 0.317 e. The van der Waals surface area contributed by atoms with E-state index in [1.165, 1.54) is 0 Å². The van der Waals surface area contributed by atoms with Crippen LogP contribution in [0.3, 0.4) is 0 Å². The van der Waals surface area contributed by atoms with E-state index >= 15 is 0 Å². The topological polar surface area (TPSA) is 74.6 Å². The fraction of sp³-hybridized carbons (Fsp3) is 0.846. The molecule has 0 atom stereocenters. The van der Waals surface area contributed by atoms with Gasteiger partial charge in [-0.3, -0.25) is 9.80 Å². The third-order valence-electron chi connectivity index (χ3n) is 3.91. The Labute approximate surface area is 120 Å². The Bertz CT molecular complexity index is 347. The summed E-state index contributed by atoms with van der Waals surface area (Å²) in [7, 11) is 0. The van der Waals surface area contributed by atoms with Crippen LogP contribution in [0.2, 0.25) is 0 Å². The molecule has 0 aromatic carbocycles. The van der Waals surface area contributed by atoms with Crippen LogP contribution in [0.5, 0.6) is 0 Å². The number of urea groups is 1. The van der Waals surface area contributed by atoms with Crippen molar-refractivity contribution in [2.75, 3.05) is 72.0 Å². The fourth-order valence-electron chi connectivity index (χ4n) is 2.60. The third kappa shape index (κ3) is 4.63. The molecular weight excluding hydrogens is 256 g/mol. The molecule has 0 aromatic heterocycles. The molecule has 0 radical (unpaired) electrons. The van der Waals surface area contributed by atoms with E-state index in [2.05, 4.69) is 26.5 Å². The molecule has 2 amide bonds. The van der Waals surface area contributed by atoms with Gasteiger partial charge in [-0.05, 0) is 0 Å². The smallest absolute Gasteiger partial charge is 0.317 e. The van der Waals surface area contributed by atoms with Gasteiger partial charge < -0.3 is 15.5 Å². The maximum atomic E-state index is 11.4. The molecule has 2 saturated heterocycles. The monoisotopic (exact) mass is 280 g/mol. The zero-order valence-electron chi connectivity index (χ0n) is 12.0. The number of hydrogen-bond acceptors (Lipinski definition) is 5. The van der Waals surface area contributed by atoms with Crippen molar-refractivity contribution < 1.29 is 4.79 Å². The van der Waals surface area contributed by atoms with Crippen molar-refractivity contribution in [1.82, 2.24) is 25.3 Å². The van der Waals surface area contributed by atoms with Crippen molar-refractivity contribution in [3.05, 3.63) is 0 Å². The highest BCUT2D eigenvalue weighted by Gasteiger charge is 2.21. The summed E-state index contributed by atoms with van der Waals surface area (Å²) in [5.41, 5.74) is 0. The van der Waals surface area contributed by atoms with Crippen molar-refractivity contribution >= 4 is 6.03 Å². The zero-order chi connectivity index (χ0) is 14.2. The minimum absolute atomic E-state index is 0.0761. The summed E-state index contributed by atoms with van der Waals surface area (Å²) in [6, 6.07) is 2.16. The van der Waals surface area contributed by atoms with Crippen LogP contribution >= 0.6 is 0 Å². The molecule has 0 aliphatic carbocycles. The number of rotatable bonds is 7. The first kappa shape index (κ1) is 15.0. The van der Waals surface area contributed by atoms with Gasteiger partial charge >= 0.3 is 6.03 Å². The van der Waals surface area contributed by atoms with Gasteiger partial charge in [0.05, 0.1) is 12.6 Å². The molecule has 0 spiro atoms. The largest absolute Gasteiger partial charge is 0.336 e. The zero-order valence-corrected chi connectivity index (χ0v) is 12.0. The number of nitrogens with one attached hydrogen (secondary N) is 2. The quantitative estimate of drug-likeness (QED) is 0.450. The molecule has 2 rings (SSSR count). The van der Waals surface area contributed by atoms with Crippen molar-refractivity contribution in [2.45, 2.75) is 0 Å². The highest BCUT2D eigenvalue weighted by Crippen LogP contribution is 2.03. The van der Waals surface area contributed by atoms with Crippen LogP contribution in [-0.4, -0.2) is 92.7 Å². The van der Waals surface area contributed by atoms with E-state index in [1.54, 1.807) is 0 Å². The van der Waals surface area contributed by atoms with Gasteiger partial charge in [0.25, 0.3) is 0 Å². The molecular formula is C13H24N6O. The second kappa shape index (κ2) is 8.04. The Balaban J connectivity index is 1.55. The minimum Gasteiger partial charge on any atom is -0.336 e. The van der Waals surface area contributed by atoms with E-state index in [4.69, 9.17) is 5.26 Å². The van der Waals surface area contributed by atoms with Crippen LogP contribution in [0.1, 0.15) is 0 Å². The first-order chi connectivity index (χ1) is 9.79. The third-order valence-corrected chi connectivity index (χ3v) is 3.91. The molecule has 2 heterocycles. The molecule has 0 aromatic rings. The molecule has 0 saturated carbocycles. The summed E-state index contributed by atoms with van der Waals surface area (Å²) in [5.74, 6) is 0. The first-order valence-electron chi connectivity index (χ1n) is 7.35. The van der Waals surface area contributed by atoms with E-state index in [9.17, 15) is 4.79 Å². The van der Waals surface area contributed by atoms with Gasteiger partial charge in [0.1, 0.15) is 0 Å². The van der Waals surface area contributed by atoms with Crippen LogP contribution < -0.4 is 10.6 Å². The van der Waals surface area contributed by atoms with Crippen LogP contribution in [0.15, 0.2) is 0 Å². The molecule has 112 valence electrons. The molecule has 0 unspecified atom stereocenters. The lowest BCUT2D eigenvalue weighted by Crippen LogP contribution is -2.49. The van der Waals surface area contributed by atoms with Crippen LogP contribution in [0, 0.1) is 11.3 Å². The molecule has 2 aliphatic heterocycles. The van der Waals surface area contributed by atoms with Crippen molar-refractivity contribution in [3.8, 4) is 6.07 Å². The molecule has 0 bridgehead atoms. The molecule has 7 heteroatoms. The predicted octanol–water partition coefficient (Wildman–Crippen LogP) is -1.26. The number of hydrogen-bond donors (Lipinski definition) is 2. The van der Waals surface area contributed by atoms with Gasteiger partial charge in [0.15, 0.2) is 0 Å². The summed E-state index contributed by atoms with van der Waals surface area (Å²) >= 11 is 0. The van der Waals surface area contributed by atoms with Crippen molar-refractivity contribution in [2.24, 2.45) is 0 Å². The van der Waals surface area contributed by atoms with E-state index in [0.717, 1.165) is 65.4 Å². The van der Waals surface area contributed by atoms with Gasteiger partial charge in [-0.15, -0.1) is 0 Å². The lowest BCUT2D eigenvalue weighted by molar-refractivity contribution is 0.125. The molecule has 7 nitrogen and oxygen atoms in total. The van der Waals surface area contributed by atoms with E-state index in [0.29, 0.717) is 6.54 Å². The molecule has 2 fully saturated rings. The number of carbonyl (C=O) groups excluding carboxylic acids is 1. The van der Waals surface area contributed by atoms with Crippen LogP contribution in [-0.2, 0) is 0 Å². The summed E-state index contributed by atoms with van der Waals surface area (Å²) in [6.45, 7) is 9.99. The highest BCUT2D eigenvalue weighted by molar-refractivity contribution is 5.76. The van der Waals surface area contributed by atoms with Crippen LogP contribution in [0.25, 0.3) is 0 Å². The average molecular weight is 280 g/mol. The van der Waals surface area contributed by atoms with E-state index < -0.39 is 0 Å². The second-order valence-corrected chi connectivity index (χ2v) is 5.24. The second-order valence-electron chi connectivity index (χ2n) is 5.24. The first-order valence-corrected chi connectivity index (χ1v) is 7.35. The summed E-state index contributed by atoms with van der Waals surface area (Å²) in [5, 5.41) is 14.4. The Hall–Kier alpha value is -1.36. The predicted molar refractivity (Wildman–Crippen MR) is 76.3 cm³/mol. The van der Waals surface area contributed by atoms with Gasteiger partial charge in [-0.25, -0.2) is 4.79 Å². The van der Waals surface area contributed by atoms with Gasteiger partial charge in [-0.2, -0.15) is 5.26 Å². The Morgan fingerprint density at radius 3 is 2.40 bits per heavy atom. The van der Waals surface area contributed by atoms with Gasteiger partial charge in [-0.1, -0.05) is 0 Å². The van der Waals surface area contributed by atoms with Crippen molar-refractivity contribution in [3.63, 3.8) is 0 Å². The van der Waals surface area contributed by atoms with Gasteiger partial charge in [0.2, 0.25) is 0 Å². The lowest BCUT2D eigenvalue weighted by atomic mass is 10.3. The normalized spacial score (nSPS) is 20.9. The minimum atomic E-state index is 0.0761. The van der Waals surface area contributed by atoms with Crippen molar-refractivity contribution in [1.29, 1.82) is 5.26 Å². The number of nitrogens with zero attached hydrogens (tertiary/aromatic N) is 4. The Morgan fingerprint density at radius 2 is 1.80 bits per heavy atom. The highest BCUT2D eigenvalue weighted by atomic mass is 16.2. The Kier molecular flexibility index (Phi) is 6.05. The Morgan fingerprint density at radius 1 is 1.10 bits per heavy atom. The average Bonchev–Trinajstić information content (AvgIpc) is 2.88.